The minimum Gasteiger partial charge on any atom is -0.378 e. The second-order valence-corrected chi connectivity index (χ2v) is 6.52. The van der Waals surface area contributed by atoms with E-state index in [0.717, 1.165) is 27.7 Å². The van der Waals surface area contributed by atoms with Crippen molar-refractivity contribution in [3.05, 3.63) is 71.4 Å². The Hall–Kier alpha value is -3.52. The average Bonchev–Trinajstić information content (AvgIpc) is 3.09. The number of para-hydroxylation sites is 1. The molecule has 136 valence electrons. The van der Waals surface area contributed by atoms with E-state index in [1.54, 1.807) is 6.08 Å². The van der Waals surface area contributed by atoms with Gasteiger partial charge < -0.3 is 15.2 Å². The fourth-order valence-corrected chi connectivity index (χ4v) is 2.93. The van der Waals surface area contributed by atoms with E-state index in [4.69, 9.17) is 0 Å². The predicted octanol–water partition coefficient (Wildman–Crippen LogP) is 3.50. The Morgan fingerprint density at radius 2 is 1.93 bits per heavy atom. The lowest BCUT2D eigenvalue weighted by Crippen LogP contribution is -2.26. The van der Waals surface area contributed by atoms with Crippen molar-refractivity contribution in [2.45, 2.75) is 6.42 Å². The largest absolute Gasteiger partial charge is 0.378 e. The zero-order chi connectivity index (χ0) is 19.2. The number of fused-ring (bicyclic) bond motifs is 1. The molecule has 2 N–H and O–H groups in total. The van der Waals surface area contributed by atoms with Crippen molar-refractivity contribution in [1.82, 2.24) is 10.3 Å². The number of nitrogens with zero attached hydrogens (tertiary/aromatic N) is 2. The average molecular weight is 358 g/mol. The monoisotopic (exact) mass is 358 g/mol. The van der Waals surface area contributed by atoms with Crippen molar-refractivity contribution in [3.8, 4) is 6.07 Å². The van der Waals surface area contributed by atoms with E-state index >= 15 is 0 Å². The Kier molecular flexibility index (Phi) is 5.58. The smallest absolute Gasteiger partial charge is 0.261 e. The van der Waals surface area contributed by atoms with Crippen molar-refractivity contribution in [2.24, 2.45) is 0 Å². The van der Waals surface area contributed by atoms with E-state index in [-0.39, 0.29) is 11.5 Å². The van der Waals surface area contributed by atoms with Gasteiger partial charge >= 0.3 is 0 Å². The summed E-state index contributed by atoms with van der Waals surface area (Å²) in [7, 11) is 3.93. The van der Waals surface area contributed by atoms with Crippen molar-refractivity contribution in [3.63, 3.8) is 0 Å². The van der Waals surface area contributed by atoms with Gasteiger partial charge in [0.05, 0.1) is 0 Å². The number of H-pyrrole nitrogens is 1. The molecular weight excluding hydrogens is 336 g/mol. The Labute approximate surface area is 158 Å². The van der Waals surface area contributed by atoms with Crippen LogP contribution in [0.1, 0.15) is 11.1 Å². The normalized spacial score (nSPS) is 11.2. The third-order valence-corrected chi connectivity index (χ3v) is 4.44. The number of nitrogens with one attached hydrogen (secondary N) is 2. The second kappa shape index (κ2) is 8.24. The summed E-state index contributed by atoms with van der Waals surface area (Å²) < 4.78 is 0. The molecule has 0 fully saturated rings. The maximum absolute atomic E-state index is 12.3. The van der Waals surface area contributed by atoms with Gasteiger partial charge in [0.15, 0.2) is 0 Å². The summed E-state index contributed by atoms with van der Waals surface area (Å²) in [5.41, 5.74) is 4.22. The van der Waals surface area contributed by atoms with E-state index < -0.39 is 0 Å². The first kappa shape index (κ1) is 18.3. The molecule has 1 amide bonds. The standard InChI is InChI=1S/C22H22N4O/c1-26(2)19-9-7-16(8-10-19)13-18(14-23)22(27)24-12-11-17-15-25-21-6-4-3-5-20(17)21/h3-10,13,15,25H,11-12H2,1-2H3,(H,24,27)/b18-13-. The summed E-state index contributed by atoms with van der Waals surface area (Å²) in [5, 5.41) is 13.3. The molecule has 5 heteroatoms. The molecule has 2 aromatic carbocycles. The minimum absolute atomic E-state index is 0.103. The van der Waals surface area contributed by atoms with Crippen LogP contribution in [0.15, 0.2) is 60.3 Å². The topological polar surface area (TPSA) is 71.9 Å². The molecule has 5 nitrogen and oxygen atoms in total. The highest BCUT2D eigenvalue weighted by atomic mass is 16.1. The highest BCUT2D eigenvalue weighted by Crippen LogP contribution is 2.18. The van der Waals surface area contributed by atoms with E-state index in [2.05, 4.69) is 16.4 Å². The highest BCUT2D eigenvalue weighted by Gasteiger charge is 2.09. The number of carbonyl (C=O) groups is 1. The van der Waals surface area contributed by atoms with Gasteiger partial charge in [-0.1, -0.05) is 30.3 Å². The van der Waals surface area contributed by atoms with Crippen LogP contribution in [0.5, 0.6) is 0 Å². The van der Waals surface area contributed by atoms with Crippen LogP contribution in [-0.2, 0) is 11.2 Å². The summed E-state index contributed by atoms with van der Waals surface area (Å²) in [6, 6.07) is 17.8. The van der Waals surface area contributed by atoms with Gasteiger partial charge in [-0.05, 0) is 41.8 Å². The number of amides is 1. The number of anilines is 1. The molecule has 3 aromatic rings. The quantitative estimate of drug-likeness (QED) is 0.523. The molecule has 0 aliphatic heterocycles. The van der Waals surface area contributed by atoms with E-state index in [0.29, 0.717) is 13.0 Å². The molecule has 0 unspecified atom stereocenters. The maximum atomic E-state index is 12.3. The number of hydrogen-bond acceptors (Lipinski definition) is 3. The van der Waals surface area contributed by atoms with Crippen molar-refractivity contribution in [2.75, 3.05) is 25.5 Å². The minimum atomic E-state index is -0.353. The summed E-state index contributed by atoms with van der Waals surface area (Å²) in [6.07, 6.45) is 4.27. The SMILES string of the molecule is CN(C)c1ccc(/C=C(/C#N)C(=O)NCCc2c[nH]c3ccccc23)cc1. The highest BCUT2D eigenvalue weighted by molar-refractivity contribution is 6.01. The van der Waals surface area contributed by atoms with Gasteiger partial charge in [0.1, 0.15) is 11.6 Å². The lowest BCUT2D eigenvalue weighted by Gasteiger charge is -2.11. The van der Waals surface area contributed by atoms with Crippen LogP contribution in [0.4, 0.5) is 5.69 Å². The summed E-state index contributed by atoms with van der Waals surface area (Å²) in [4.78, 5) is 17.5. The number of carbonyl (C=O) groups excluding carboxylic acids is 1. The van der Waals surface area contributed by atoms with Crippen LogP contribution < -0.4 is 10.2 Å². The van der Waals surface area contributed by atoms with Gasteiger partial charge in [0, 0.05) is 43.4 Å². The molecule has 3 rings (SSSR count). The zero-order valence-electron chi connectivity index (χ0n) is 15.5. The second-order valence-electron chi connectivity index (χ2n) is 6.52. The van der Waals surface area contributed by atoms with Crippen molar-refractivity contribution >= 4 is 28.6 Å². The summed E-state index contributed by atoms with van der Waals surface area (Å²) in [5.74, 6) is -0.353. The summed E-state index contributed by atoms with van der Waals surface area (Å²) >= 11 is 0. The Morgan fingerprint density at radius 3 is 2.63 bits per heavy atom. The van der Waals surface area contributed by atoms with Crippen LogP contribution in [-0.4, -0.2) is 31.5 Å². The zero-order valence-corrected chi connectivity index (χ0v) is 15.5. The van der Waals surface area contributed by atoms with Gasteiger partial charge in [-0.25, -0.2) is 0 Å². The van der Waals surface area contributed by atoms with Crippen LogP contribution in [0.25, 0.3) is 17.0 Å². The fraction of sp³-hybridized carbons (Fsp3) is 0.182. The number of benzene rings is 2. The number of nitriles is 1. The number of aromatic nitrogens is 1. The van der Waals surface area contributed by atoms with Gasteiger partial charge in [-0.3, -0.25) is 4.79 Å². The van der Waals surface area contributed by atoms with E-state index in [9.17, 15) is 10.1 Å². The van der Waals surface area contributed by atoms with E-state index in [1.807, 2.05) is 73.7 Å². The van der Waals surface area contributed by atoms with Gasteiger partial charge in [-0.15, -0.1) is 0 Å². The molecule has 0 aliphatic carbocycles. The summed E-state index contributed by atoms with van der Waals surface area (Å²) in [6.45, 7) is 0.471. The molecule has 0 bridgehead atoms. The van der Waals surface area contributed by atoms with Crippen LogP contribution in [0.2, 0.25) is 0 Å². The number of hydrogen-bond donors (Lipinski definition) is 2. The first-order valence-corrected chi connectivity index (χ1v) is 8.81. The molecule has 0 aliphatic rings. The third kappa shape index (κ3) is 4.36. The fourth-order valence-electron chi connectivity index (χ4n) is 2.93. The first-order chi connectivity index (χ1) is 13.1. The number of rotatable bonds is 6. The predicted molar refractivity (Wildman–Crippen MR) is 109 cm³/mol. The molecule has 0 saturated carbocycles. The van der Waals surface area contributed by atoms with Crippen molar-refractivity contribution < 1.29 is 4.79 Å². The Bertz CT molecular complexity index is 1010. The molecule has 27 heavy (non-hydrogen) atoms. The molecular formula is C22H22N4O. The third-order valence-electron chi connectivity index (χ3n) is 4.44. The van der Waals surface area contributed by atoms with Crippen LogP contribution >= 0.6 is 0 Å². The van der Waals surface area contributed by atoms with Gasteiger partial charge in [0.25, 0.3) is 5.91 Å². The molecule has 0 spiro atoms. The lowest BCUT2D eigenvalue weighted by molar-refractivity contribution is -0.117. The molecule has 0 radical (unpaired) electrons. The maximum Gasteiger partial charge on any atom is 0.261 e. The van der Waals surface area contributed by atoms with Crippen LogP contribution in [0, 0.1) is 11.3 Å². The Morgan fingerprint density at radius 1 is 1.19 bits per heavy atom. The van der Waals surface area contributed by atoms with Crippen molar-refractivity contribution in [1.29, 1.82) is 5.26 Å². The van der Waals surface area contributed by atoms with Gasteiger partial charge in [-0.2, -0.15) is 5.26 Å². The molecule has 0 atom stereocenters. The number of aromatic amines is 1. The molecule has 0 saturated heterocycles. The molecule has 1 heterocycles. The lowest BCUT2D eigenvalue weighted by atomic mass is 10.1. The van der Waals surface area contributed by atoms with E-state index in [1.165, 1.54) is 0 Å². The Balaban J connectivity index is 1.62. The van der Waals surface area contributed by atoms with Crippen LogP contribution in [0.3, 0.4) is 0 Å². The first-order valence-electron chi connectivity index (χ1n) is 8.81. The van der Waals surface area contributed by atoms with Gasteiger partial charge in [0.2, 0.25) is 0 Å². The molecule has 1 aromatic heterocycles.